The molecule has 0 aromatic carbocycles. The molecule has 4 aromatic rings. The molecule has 0 fully saturated rings. The summed E-state index contributed by atoms with van der Waals surface area (Å²) in [5, 5.41) is 8.40. The first-order valence-corrected chi connectivity index (χ1v) is 8.58. The molecular formula is C18H16N6S. The summed E-state index contributed by atoms with van der Waals surface area (Å²) in [5.74, 6) is 0.678. The normalized spacial score (nSPS) is 11.4. The minimum Gasteiger partial charge on any atom is -0.275 e. The van der Waals surface area contributed by atoms with Crippen LogP contribution in [0.4, 0.5) is 0 Å². The van der Waals surface area contributed by atoms with Crippen molar-refractivity contribution in [2.75, 3.05) is 0 Å². The van der Waals surface area contributed by atoms with Gasteiger partial charge in [0.25, 0.3) is 0 Å². The summed E-state index contributed by atoms with van der Waals surface area (Å²) in [4.78, 5) is 11.2. The van der Waals surface area contributed by atoms with Crippen LogP contribution in [0.1, 0.15) is 10.7 Å². The summed E-state index contributed by atoms with van der Waals surface area (Å²) in [5.41, 5.74) is 2.97. The number of hydrogen-bond acceptors (Lipinski definition) is 5. The Balaban J connectivity index is 1.55. The zero-order valence-corrected chi connectivity index (χ0v) is 14.7. The smallest absolute Gasteiger partial charge is 0.152 e. The van der Waals surface area contributed by atoms with Crippen molar-refractivity contribution in [1.29, 1.82) is 0 Å². The molecule has 0 aliphatic heterocycles. The number of thiophene rings is 1. The Morgan fingerprint density at radius 2 is 1.68 bits per heavy atom. The summed E-state index contributed by atoms with van der Waals surface area (Å²) < 4.78 is 3.57. The average molecular weight is 348 g/mol. The molecule has 0 aliphatic rings. The summed E-state index contributed by atoms with van der Waals surface area (Å²) in [6.07, 6.45) is 13.4. The van der Waals surface area contributed by atoms with Gasteiger partial charge < -0.3 is 0 Å². The van der Waals surface area contributed by atoms with Crippen molar-refractivity contribution < 1.29 is 0 Å². The summed E-state index contributed by atoms with van der Waals surface area (Å²) in [7, 11) is 3.81. The molecule has 0 atom stereocenters. The van der Waals surface area contributed by atoms with Gasteiger partial charge in [0.15, 0.2) is 5.82 Å². The highest BCUT2D eigenvalue weighted by molar-refractivity contribution is 7.16. The van der Waals surface area contributed by atoms with Gasteiger partial charge in [-0.15, -0.1) is 11.3 Å². The molecule has 7 heteroatoms. The molecule has 4 aromatic heterocycles. The maximum absolute atomic E-state index is 4.58. The molecule has 0 N–H and O–H groups in total. The van der Waals surface area contributed by atoms with Crippen LogP contribution in [0.3, 0.4) is 0 Å². The second-order valence-corrected chi connectivity index (χ2v) is 6.76. The monoisotopic (exact) mass is 348 g/mol. The van der Waals surface area contributed by atoms with Crippen LogP contribution in [0.5, 0.6) is 0 Å². The van der Waals surface area contributed by atoms with Crippen molar-refractivity contribution >= 4 is 23.5 Å². The number of aryl methyl sites for hydroxylation is 2. The van der Waals surface area contributed by atoms with Crippen molar-refractivity contribution in [2.24, 2.45) is 14.1 Å². The van der Waals surface area contributed by atoms with Gasteiger partial charge >= 0.3 is 0 Å². The van der Waals surface area contributed by atoms with E-state index in [1.165, 1.54) is 4.88 Å². The first-order valence-electron chi connectivity index (χ1n) is 7.76. The van der Waals surface area contributed by atoms with E-state index < -0.39 is 0 Å². The van der Waals surface area contributed by atoms with E-state index in [0.717, 1.165) is 21.7 Å². The molecule has 0 amide bonds. The predicted molar refractivity (Wildman–Crippen MR) is 99.7 cm³/mol. The average Bonchev–Trinajstić information content (AvgIpc) is 3.34. The van der Waals surface area contributed by atoms with Crippen molar-refractivity contribution in [2.45, 2.75) is 0 Å². The predicted octanol–water partition coefficient (Wildman–Crippen LogP) is 3.51. The molecule has 0 bridgehead atoms. The van der Waals surface area contributed by atoms with Crippen LogP contribution in [-0.2, 0) is 14.1 Å². The van der Waals surface area contributed by atoms with E-state index in [4.69, 9.17) is 0 Å². The van der Waals surface area contributed by atoms with Crippen LogP contribution in [0.15, 0.2) is 49.2 Å². The highest BCUT2D eigenvalue weighted by Gasteiger charge is 2.05. The molecule has 0 radical (unpaired) electrons. The third kappa shape index (κ3) is 3.41. The first kappa shape index (κ1) is 15.5. The Morgan fingerprint density at radius 3 is 2.40 bits per heavy atom. The Labute approximate surface area is 149 Å². The topological polar surface area (TPSA) is 61.4 Å². The molecule has 0 spiro atoms. The van der Waals surface area contributed by atoms with Gasteiger partial charge in [0.1, 0.15) is 0 Å². The van der Waals surface area contributed by atoms with Crippen LogP contribution in [-0.4, -0.2) is 29.5 Å². The van der Waals surface area contributed by atoms with E-state index in [0.29, 0.717) is 5.82 Å². The van der Waals surface area contributed by atoms with Crippen LogP contribution < -0.4 is 0 Å². The standard InChI is InChI=1S/C18H16N6S/c1-23-11-13(9-20-23)16-7-8-19-18(22-16)6-4-15-3-5-17(25-15)14-10-21-24(2)12-14/h3-12H,1-2H3/b6-4+. The molecule has 25 heavy (non-hydrogen) atoms. The molecule has 0 saturated heterocycles. The van der Waals surface area contributed by atoms with Gasteiger partial charge in [-0.2, -0.15) is 10.2 Å². The minimum atomic E-state index is 0.678. The van der Waals surface area contributed by atoms with E-state index in [-0.39, 0.29) is 0 Å². The largest absolute Gasteiger partial charge is 0.275 e. The van der Waals surface area contributed by atoms with Crippen LogP contribution in [0.25, 0.3) is 33.9 Å². The molecule has 0 unspecified atom stereocenters. The van der Waals surface area contributed by atoms with Gasteiger partial charge in [0.2, 0.25) is 0 Å². The van der Waals surface area contributed by atoms with Gasteiger partial charge in [-0.05, 0) is 30.4 Å². The van der Waals surface area contributed by atoms with E-state index in [9.17, 15) is 0 Å². The van der Waals surface area contributed by atoms with Crippen LogP contribution in [0.2, 0.25) is 0 Å². The highest BCUT2D eigenvalue weighted by atomic mass is 32.1. The van der Waals surface area contributed by atoms with Gasteiger partial charge in [-0.1, -0.05) is 0 Å². The first-order chi connectivity index (χ1) is 12.2. The Bertz CT molecular complexity index is 1040. The lowest BCUT2D eigenvalue weighted by molar-refractivity contribution is 0.768. The molecule has 124 valence electrons. The van der Waals surface area contributed by atoms with Gasteiger partial charge in [-0.25, -0.2) is 9.97 Å². The van der Waals surface area contributed by atoms with E-state index in [1.54, 1.807) is 28.4 Å². The second kappa shape index (κ2) is 6.45. The van der Waals surface area contributed by atoms with Gasteiger partial charge in [-0.3, -0.25) is 9.36 Å². The lowest BCUT2D eigenvalue weighted by Crippen LogP contribution is -1.89. The molecule has 4 heterocycles. The fourth-order valence-electron chi connectivity index (χ4n) is 2.47. The quantitative estimate of drug-likeness (QED) is 0.566. The number of hydrogen-bond donors (Lipinski definition) is 0. The molecule has 0 saturated carbocycles. The lowest BCUT2D eigenvalue weighted by Gasteiger charge is -1.97. The summed E-state index contributed by atoms with van der Waals surface area (Å²) in [6, 6.07) is 6.09. The number of nitrogens with zero attached hydrogens (tertiary/aromatic N) is 6. The van der Waals surface area contributed by atoms with E-state index >= 15 is 0 Å². The minimum absolute atomic E-state index is 0.678. The summed E-state index contributed by atoms with van der Waals surface area (Å²) in [6.45, 7) is 0. The zero-order chi connectivity index (χ0) is 17.2. The lowest BCUT2D eigenvalue weighted by atomic mass is 10.2. The maximum Gasteiger partial charge on any atom is 0.152 e. The van der Waals surface area contributed by atoms with Crippen molar-refractivity contribution in [1.82, 2.24) is 29.5 Å². The Morgan fingerprint density at radius 1 is 0.920 bits per heavy atom. The van der Waals surface area contributed by atoms with Gasteiger partial charge in [0, 0.05) is 53.6 Å². The SMILES string of the molecule is Cn1cc(-c2ccnc(/C=C/c3ccc(-c4cnn(C)c4)s3)n2)cn1. The zero-order valence-electron chi connectivity index (χ0n) is 13.9. The Kier molecular flexibility index (Phi) is 3.99. The third-order valence-electron chi connectivity index (χ3n) is 3.69. The molecule has 6 nitrogen and oxygen atoms in total. The molecule has 0 aliphatic carbocycles. The molecular weight excluding hydrogens is 332 g/mol. The van der Waals surface area contributed by atoms with Crippen molar-refractivity contribution in [3.8, 4) is 21.7 Å². The van der Waals surface area contributed by atoms with Crippen molar-refractivity contribution in [3.63, 3.8) is 0 Å². The summed E-state index contributed by atoms with van der Waals surface area (Å²) >= 11 is 1.71. The van der Waals surface area contributed by atoms with Gasteiger partial charge in [0.05, 0.1) is 18.1 Å². The number of rotatable bonds is 4. The van der Waals surface area contributed by atoms with Crippen molar-refractivity contribution in [3.05, 3.63) is 59.9 Å². The number of aromatic nitrogens is 6. The second-order valence-electron chi connectivity index (χ2n) is 5.64. The maximum atomic E-state index is 4.58. The fraction of sp³-hybridized carbons (Fsp3) is 0.111. The van der Waals surface area contributed by atoms with Crippen LogP contribution >= 0.6 is 11.3 Å². The van der Waals surface area contributed by atoms with E-state index in [2.05, 4.69) is 32.3 Å². The fourth-order valence-corrected chi connectivity index (χ4v) is 3.36. The molecule has 4 rings (SSSR count). The van der Waals surface area contributed by atoms with E-state index in [1.807, 2.05) is 55.6 Å². The van der Waals surface area contributed by atoms with Crippen LogP contribution in [0, 0.1) is 0 Å². The Hall–Kier alpha value is -3.06. The third-order valence-corrected chi connectivity index (χ3v) is 4.79. The highest BCUT2D eigenvalue weighted by Crippen LogP contribution is 2.28.